The lowest BCUT2D eigenvalue weighted by atomic mass is 10.1. The summed E-state index contributed by atoms with van der Waals surface area (Å²) in [5.74, 6) is 0. The summed E-state index contributed by atoms with van der Waals surface area (Å²) in [5, 5.41) is 3.57. The van der Waals surface area contributed by atoms with E-state index in [-0.39, 0.29) is 5.54 Å². The second kappa shape index (κ2) is 7.05. The molecule has 0 radical (unpaired) electrons. The number of nitrogens with one attached hydrogen (secondary N) is 1. The quantitative estimate of drug-likeness (QED) is 0.745. The summed E-state index contributed by atoms with van der Waals surface area (Å²) in [6, 6.07) is 0.885. The Bertz CT molecular complexity index is 259. The Hall–Kier alpha value is -0.120. The number of hydrogen-bond acceptors (Lipinski definition) is 3. The Balaban J connectivity index is 1.49. The molecule has 1 N–H and O–H groups in total. The van der Waals surface area contributed by atoms with E-state index in [2.05, 4.69) is 35.9 Å². The highest BCUT2D eigenvalue weighted by molar-refractivity contribution is 4.86. The summed E-state index contributed by atoms with van der Waals surface area (Å²) in [5.41, 5.74) is 0.277. The van der Waals surface area contributed by atoms with Crippen LogP contribution in [0.25, 0.3) is 0 Å². The van der Waals surface area contributed by atoms with E-state index in [0.717, 1.165) is 6.04 Å². The van der Waals surface area contributed by atoms with Crippen LogP contribution in [0.3, 0.4) is 0 Å². The minimum Gasteiger partial charge on any atom is -0.312 e. The minimum atomic E-state index is 0.277. The van der Waals surface area contributed by atoms with Crippen molar-refractivity contribution in [1.82, 2.24) is 15.1 Å². The van der Waals surface area contributed by atoms with Crippen molar-refractivity contribution in [2.75, 3.05) is 39.3 Å². The van der Waals surface area contributed by atoms with Gasteiger partial charge >= 0.3 is 0 Å². The molecule has 3 heteroatoms. The molecule has 2 heterocycles. The monoisotopic (exact) mass is 267 g/mol. The second-order valence-electron chi connectivity index (χ2n) is 7.37. The van der Waals surface area contributed by atoms with Crippen LogP contribution in [0.15, 0.2) is 0 Å². The molecule has 1 unspecified atom stereocenters. The molecule has 3 nitrogen and oxygen atoms in total. The van der Waals surface area contributed by atoms with E-state index in [1.807, 2.05) is 0 Å². The first-order valence-electron chi connectivity index (χ1n) is 8.26. The number of piperazine rings is 1. The zero-order valence-electron chi connectivity index (χ0n) is 13.2. The molecule has 2 saturated heterocycles. The largest absolute Gasteiger partial charge is 0.312 e. The van der Waals surface area contributed by atoms with Gasteiger partial charge in [-0.1, -0.05) is 6.42 Å². The first-order chi connectivity index (χ1) is 9.04. The molecule has 2 rings (SSSR count). The van der Waals surface area contributed by atoms with Gasteiger partial charge in [0.2, 0.25) is 0 Å². The van der Waals surface area contributed by atoms with E-state index in [9.17, 15) is 0 Å². The number of fused-ring (bicyclic) bond motifs is 1. The molecule has 112 valence electrons. The van der Waals surface area contributed by atoms with Crippen LogP contribution < -0.4 is 5.32 Å². The van der Waals surface area contributed by atoms with Gasteiger partial charge < -0.3 is 10.2 Å². The van der Waals surface area contributed by atoms with Crippen LogP contribution in [0.4, 0.5) is 0 Å². The maximum Gasteiger partial charge on any atom is 0.0224 e. The van der Waals surface area contributed by atoms with Crippen LogP contribution in [-0.4, -0.2) is 60.6 Å². The lowest BCUT2D eigenvalue weighted by Gasteiger charge is -2.37. The molecular formula is C16H33N3. The molecule has 0 aromatic heterocycles. The normalized spacial score (nSPS) is 25.7. The van der Waals surface area contributed by atoms with Gasteiger partial charge in [0.25, 0.3) is 0 Å². The average molecular weight is 267 g/mol. The van der Waals surface area contributed by atoms with Crippen LogP contribution >= 0.6 is 0 Å². The number of hydrogen-bond donors (Lipinski definition) is 1. The molecular weight excluding hydrogens is 234 g/mol. The standard InChI is InChI=1S/C16H33N3/c1-16(2,3)17-9-5-4-6-10-18-12-13-19-11-7-8-15(19)14-18/h15,17H,4-14H2,1-3H3. The van der Waals surface area contributed by atoms with E-state index in [0.29, 0.717) is 0 Å². The molecule has 1 atom stereocenters. The van der Waals surface area contributed by atoms with Crippen LogP contribution in [0, 0.1) is 0 Å². The van der Waals surface area contributed by atoms with E-state index in [1.54, 1.807) is 0 Å². The molecule has 2 aliphatic rings. The molecule has 0 amide bonds. The van der Waals surface area contributed by atoms with Crippen molar-refractivity contribution in [1.29, 1.82) is 0 Å². The highest BCUT2D eigenvalue weighted by atomic mass is 15.3. The van der Waals surface area contributed by atoms with E-state index >= 15 is 0 Å². The topological polar surface area (TPSA) is 18.5 Å². The van der Waals surface area contributed by atoms with E-state index < -0.39 is 0 Å². The maximum absolute atomic E-state index is 3.57. The van der Waals surface area contributed by atoms with Crippen molar-refractivity contribution < 1.29 is 0 Å². The van der Waals surface area contributed by atoms with Gasteiger partial charge in [0, 0.05) is 31.2 Å². The first-order valence-corrected chi connectivity index (χ1v) is 8.26. The summed E-state index contributed by atoms with van der Waals surface area (Å²) in [7, 11) is 0. The number of rotatable bonds is 6. The molecule has 2 fully saturated rings. The summed E-state index contributed by atoms with van der Waals surface area (Å²) in [4.78, 5) is 5.40. The third-order valence-electron chi connectivity index (χ3n) is 4.48. The van der Waals surface area contributed by atoms with Gasteiger partial charge in [0.15, 0.2) is 0 Å². The van der Waals surface area contributed by atoms with Crippen LogP contribution in [-0.2, 0) is 0 Å². The Morgan fingerprint density at radius 1 is 1.05 bits per heavy atom. The third-order valence-corrected chi connectivity index (χ3v) is 4.48. The fourth-order valence-corrected chi connectivity index (χ4v) is 3.36. The molecule has 2 aliphatic heterocycles. The molecule has 0 aromatic rings. The molecule has 0 aliphatic carbocycles. The summed E-state index contributed by atoms with van der Waals surface area (Å²) in [6.07, 6.45) is 6.93. The fraction of sp³-hybridized carbons (Fsp3) is 1.00. The fourth-order valence-electron chi connectivity index (χ4n) is 3.36. The number of nitrogens with zero attached hydrogens (tertiary/aromatic N) is 2. The lowest BCUT2D eigenvalue weighted by molar-refractivity contribution is 0.103. The Labute approximate surface area is 119 Å². The molecule has 19 heavy (non-hydrogen) atoms. The predicted octanol–water partition coefficient (Wildman–Crippen LogP) is 2.32. The van der Waals surface area contributed by atoms with Crippen molar-refractivity contribution in [2.45, 2.75) is 64.5 Å². The smallest absolute Gasteiger partial charge is 0.0224 e. The molecule has 0 aromatic carbocycles. The van der Waals surface area contributed by atoms with Crippen molar-refractivity contribution in [3.63, 3.8) is 0 Å². The first kappa shape index (κ1) is 15.3. The average Bonchev–Trinajstić information content (AvgIpc) is 2.79. The van der Waals surface area contributed by atoms with Crippen molar-refractivity contribution in [2.24, 2.45) is 0 Å². The third kappa shape index (κ3) is 5.41. The van der Waals surface area contributed by atoms with Crippen LogP contribution in [0.1, 0.15) is 52.9 Å². The van der Waals surface area contributed by atoms with Crippen molar-refractivity contribution >= 4 is 0 Å². The predicted molar refractivity (Wildman–Crippen MR) is 82.6 cm³/mol. The van der Waals surface area contributed by atoms with Gasteiger partial charge in [-0.2, -0.15) is 0 Å². The summed E-state index contributed by atoms with van der Waals surface area (Å²) < 4.78 is 0. The molecule has 0 bridgehead atoms. The molecule has 0 spiro atoms. The Morgan fingerprint density at radius 3 is 2.68 bits per heavy atom. The van der Waals surface area contributed by atoms with Crippen LogP contribution in [0.5, 0.6) is 0 Å². The van der Waals surface area contributed by atoms with Gasteiger partial charge in [-0.3, -0.25) is 4.90 Å². The second-order valence-corrected chi connectivity index (χ2v) is 7.37. The van der Waals surface area contributed by atoms with Gasteiger partial charge in [-0.05, 0) is 66.1 Å². The Kier molecular flexibility index (Phi) is 5.67. The summed E-state index contributed by atoms with van der Waals surface area (Å²) in [6.45, 7) is 14.5. The van der Waals surface area contributed by atoms with Gasteiger partial charge in [-0.25, -0.2) is 0 Å². The van der Waals surface area contributed by atoms with Gasteiger partial charge in [0.1, 0.15) is 0 Å². The summed E-state index contributed by atoms with van der Waals surface area (Å²) >= 11 is 0. The van der Waals surface area contributed by atoms with Gasteiger partial charge in [0.05, 0.1) is 0 Å². The highest BCUT2D eigenvalue weighted by Gasteiger charge is 2.29. The van der Waals surface area contributed by atoms with Crippen molar-refractivity contribution in [3.8, 4) is 0 Å². The maximum atomic E-state index is 3.57. The zero-order valence-corrected chi connectivity index (χ0v) is 13.2. The minimum absolute atomic E-state index is 0.277. The van der Waals surface area contributed by atoms with Crippen molar-refractivity contribution in [3.05, 3.63) is 0 Å². The SMILES string of the molecule is CC(C)(C)NCCCCCN1CCN2CCCC2C1. The zero-order chi connectivity index (χ0) is 13.7. The Morgan fingerprint density at radius 2 is 1.89 bits per heavy atom. The van der Waals surface area contributed by atoms with E-state index in [4.69, 9.17) is 0 Å². The van der Waals surface area contributed by atoms with Gasteiger partial charge in [-0.15, -0.1) is 0 Å². The van der Waals surface area contributed by atoms with Crippen LogP contribution in [0.2, 0.25) is 0 Å². The lowest BCUT2D eigenvalue weighted by Crippen LogP contribution is -2.50. The molecule has 0 saturated carbocycles. The number of unbranched alkanes of at least 4 members (excludes halogenated alkanes) is 2. The highest BCUT2D eigenvalue weighted by Crippen LogP contribution is 2.21. The van der Waals surface area contributed by atoms with E-state index in [1.165, 1.54) is 71.4 Å².